The molecule has 7 heteroatoms. The molecule has 5 atom stereocenters. The molecule has 0 aliphatic carbocycles. The summed E-state index contributed by atoms with van der Waals surface area (Å²) in [6.45, 7) is -0.446. The van der Waals surface area contributed by atoms with E-state index < -0.39 is 37.1 Å². The molecule has 0 radical (unpaired) electrons. The molecular weight excluding hydrogens is 348 g/mol. The monoisotopic (exact) mass is 370 g/mol. The first kappa shape index (κ1) is 18.1. The number of hydrogen-bond acceptors (Lipinski definition) is 6. The molecule has 2 heterocycles. The normalized spacial score (nSPS) is 28.6. The molecule has 4 rings (SSSR count). The molecule has 142 valence electrons. The lowest BCUT2D eigenvalue weighted by molar-refractivity contribution is -0.231. The summed E-state index contributed by atoms with van der Waals surface area (Å²) in [5.74, 6) is 0. The first-order valence-corrected chi connectivity index (χ1v) is 8.81. The number of rotatable bonds is 3. The highest BCUT2D eigenvalue weighted by atomic mass is 16.5. The number of hydrogen-bond donors (Lipinski definition) is 4. The predicted octanol–water partition coefficient (Wildman–Crippen LogP) is 0.755. The molecule has 1 aromatic heterocycles. The maximum Gasteiger partial charge on any atom is 0.113 e. The van der Waals surface area contributed by atoms with Gasteiger partial charge in [0.1, 0.15) is 30.5 Å². The van der Waals surface area contributed by atoms with Crippen molar-refractivity contribution in [2.75, 3.05) is 6.61 Å². The average molecular weight is 370 g/mol. The smallest absolute Gasteiger partial charge is 0.113 e. The lowest BCUT2D eigenvalue weighted by Gasteiger charge is -2.40. The summed E-state index contributed by atoms with van der Waals surface area (Å²) in [5.41, 5.74) is 4.48. The van der Waals surface area contributed by atoms with Crippen LogP contribution < -0.4 is 0 Å². The van der Waals surface area contributed by atoms with Gasteiger partial charge in [0.25, 0.3) is 0 Å². The number of fused-ring (bicyclic) bond motifs is 1. The molecule has 27 heavy (non-hydrogen) atoms. The predicted molar refractivity (Wildman–Crippen MR) is 98.9 cm³/mol. The Balaban J connectivity index is 1.70. The van der Waals surface area contributed by atoms with Gasteiger partial charge in [-0.2, -0.15) is 0 Å². The Morgan fingerprint density at radius 1 is 1.00 bits per heavy atom. The Kier molecular flexibility index (Phi) is 4.71. The third kappa shape index (κ3) is 3.13. The van der Waals surface area contributed by atoms with E-state index in [1.807, 2.05) is 48.0 Å². The lowest BCUT2D eigenvalue weighted by Crippen LogP contribution is -2.55. The van der Waals surface area contributed by atoms with Gasteiger partial charge in [0.15, 0.2) is 0 Å². The van der Waals surface area contributed by atoms with Gasteiger partial charge in [0.05, 0.1) is 24.0 Å². The zero-order valence-electron chi connectivity index (χ0n) is 14.8. The molecule has 1 aliphatic heterocycles. The van der Waals surface area contributed by atoms with Crippen LogP contribution in [0.4, 0.5) is 0 Å². The fourth-order valence-electron chi connectivity index (χ4n) is 3.58. The Morgan fingerprint density at radius 2 is 1.78 bits per heavy atom. The maximum absolute atomic E-state index is 10.4. The van der Waals surface area contributed by atoms with Gasteiger partial charge >= 0.3 is 0 Å². The molecule has 0 amide bonds. The van der Waals surface area contributed by atoms with Gasteiger partial charge in [-0.1, -0.05) is 24.3 Å². The van der Waals surface area contributed by atoms with Crippen LogP contribution in [-0.2, 0) is 11.8 Å². The molecule has 5 unspecified atom stereocenters. The first-order valence-electron chi connectivity index (χ1n) is 8.81. The zero-order chi connectivity index (χ0) is 19.1. The molecule has 7 nitrogen and oxygen atoms in total. The Hall–Kier alpha value is -2.29. The first-order chi connectivity index (χ1) is 13.0. The number of benzene rings is 2. The van der Waals surface area contributed by atoms with E-state index in [2.05, 4.69) is 4.98 Å². The number of nitrogens with zero attached hydrogens (tertiary/aromatic N) is 2. The van der Waals surface area contributed by atoms with E-state index in [0.29, 0.717) is 5.56 Å². The molecule has 0 saturated carbocycles. The third-order valence-electron chi connectivity index (χ3n) is 5.17. The van der Waals surface area contributed by atoms with E-state index in [0.717, 1.165) is 22.2 Å². The van der Waals surface area contributed by atoms with Crippen LogP contribution in [0.2, 0.25) is 0 Å². The van der Waals surface area contributed by atoms with Crippen molar-refractivity contribution in [2.45, 2.75) is 30.5 Å². The minimum Gasteiger partial charge on any atom is -0.394 e. The quantitative estimate of drug-likeness (QED) is 0.542. The van der Waals surface area contributed by atoms with Crippen LogP contribution in [0.3, 0.4) is 0 Å². The van der Waals surface area contributed by atoms with Crippen LogP contribution in [0.25, 0.3) is 22.2 Å². The molecular formula is C20H22N2O5. The van der Waals surface area contributed by atoms with Crippen LogP contribution in [0.15, 0.2) is 48.8 Å². The minimum absolute atomic E-state index is 0.446. The van der Waals surface area contributed by atoms with Crippen LogP contribution in [0.1, 0.15) is 11.7 Å². The summed E-state index contributed by atoms with van der Waals surface area (Å²) in [5, 5.41) is 39.7. The van der Waals surface area contributed by atoms with Crippen molar-refractivity contribution in [1.29, 1.82) is 0 Å². The largest absolute Gasteiger partial charge is 0.394 e. The number of ether oxygens (including phenoxy) is 1. The fourth-order valence-corrected chi connectivity index (χ4v) is 3.58. The lowest BCUT2D eigenvalue weighted by atomic mass is 9.90. The van der Waals surface area contributed by atoms with E-state index in [-0.39, 0.29) is 0 Å². The van der Waals surface area contributed by atoms with E-state index in [4.69, 9.17) is 4.74 Å². The number of imidazole rings is 1. The van der Waals surface area contributed by atoms with Gasteiger partial charge in [-0.25, -0.2) is 4.98 Å². The summed E-state index contributed by atoms with van der Waals surface area (Å²) < 4.78 is 7.61. The van der Waals surface area contributed by atoms with Gasteiger partial charge in [-0.15, -0.1) is 0 Å². The van der Waals surface area contributed by atoms with Crippen molar-refractivity contribution in [2.24, 2.45) is 7.05 Å². The second-order valence-electron chi connectivity index (χ2n) is 6.93. The Labute approximate surface area is 156 Å². The second-order valence-corrected chi connectivity index (χ2v) is 6.93. The minimum atomic E-state index is -1.39. The van der Waals surface area contributed by atoms with E-state index in [1.54, 1.807) is 12.4 Å². The number of aliphatic hydroxyl groups is 4. The maximum atomic E-state index is 10.4. The SMILES string of the molecule is Cn1cnc2ccc(-c3cccc(C4OC(CO)C(O)C(O)C4O)c3)cc21. The number of aromatic nitrogens is 2. The standard InChI is InChI=1S/C20H22N2O5/c1-22-10-21-14-6-5-12(8-15(14)22)11-3-2-4-13(7-11)20-19(26)18(25)17(24)16(9-23)27-20/h2-8,10,16-20,23-26H,9H2,1H3. The summed E-state index contributed by atoms with van der Waals surface area (Å²) in [7, 11) is 1.93. The highest BCUT2D eigenvalue weighted by Crippen LogP contribution is 2.34. The van der Waals surface area contributed by atoms with Gasteiger partial charge in [-0.05, 0) is 34.9 Å². The van der Waals surface area contributed by atoms with E-state index in [1.165, 1.54) is 0 Å². The van der Waals surface area contributed by atoms with Gasteiger partial charge in [0, 0.05) is 7.05 Å². The molecule has 4 N–H and O–H groups in total. The molecule has 0 bridgehead atoms. The molecule has 1 aliphatic rings. The van der Waals surface area contributed by atoms with Crippen molar-refractivity contribution >= 4 is 11.0 Å². The van der Waals surface area contributed by atoms with Crippen molar-refractivity contribution in [1.82, 2.24) is 9.55 Å². The van der Waals surface area contributed by atoms with Crippen molar-refractivity contribution in [3.05, 3.63) is 54.4 Å². The summed E-state index contributed by atoms with van der Waals surface area (Å²) in [6, 6.07) is 13.4. The molecule has 3 aromatic rings. The number of aliphatic hydroxyl groups excluding tert-OH is 4. The summed E-state index contributed by atoms with van der Waals surface area (Å²) in [6.07, 6.45) is -4.06. The molecule has 1 saturated heterocycles. The van der Waals surface area contributed by atoms with Crippen LogP contribution in [0, 0.1) is 0 Å². The van der Waals surface area contributed by atoms with E-state index >= 15 is 0 Å². The van der Waals surface area contributed by atoms with Gasteiger partial charge < -0.3 is 29.7 Å². The average Bonchev–Trinajstić information content (AvgIpc) is 3.07. The zero-order valence-corrected chi connectivity index (χ0v) is 14.8. The van der Waals surface area contributed by atoms with Crippen LogP contribution in [0.5, 0.6) is 0 Å². The fraction of sp³-hybridized carbons (Fsp3) is 0.350. The molecule has 1 fully saturated rings. The Bertz CT molecular complexity index is 954. The van der Waals surface area contributed by atoms with Crippen LogP contribution in [-0.4, -0.2) is 61.0 Å². The summed E-state index contributed by atoms with van der Waals surface area (Å²) >= 11 is 0. The van der Waals surface area contributed by atoms with Crippen molar-refractivity contribution < 1.29 is 25.2 Å². The van der Waals surface area contributed by atoms with Crippen molar-refractivity contribution in [3.63, 3.8) is 0 Å². The topological polar surface area (TPSA) is 108 Å². The van der Waals surface area contributed by atoms with Crippen LogP contribution >= 0.6 is 0 Å². The highest BCUT2D eigenvalue weighted by molar-refractivity contribution is 5.82. The molecule has 0 spiro atoms. The molecule has 2 aromatic carbocycles. The Morgan fingerprint density at radius 3 is 2.56 bits per heavy atom. The van der Waals surface area contributed by atoms with Crippen molar-refractivity contribution in [3.8, 4) is 11.1 Å². The highest BCUT2D eigenvalue weighted by Gasteiger charge is 2.43. The summed E-state index contributed by atoms with van der Waals surface area (Å²) in [4.78, 5) is 4.32. The second kappa shape index (κ2) is 7.03. The third-order valence-corrected chi connectivity index (χ3v) is 5.17. The van der Waals surface area contributed by atoms with Gasteiger partial charge in [0.2, 0.25) is 0 Å². The van der Waals surface area contributed by atoms with E-state index in [9.17, 15) is 20.4 Å². The van der Waals surface area contributed by atoms with Gasteiger partial charge in [-0.3, -0.25) is 0 Å². The number of aryl methyl sites for hydroxylation is 1.